The summed E-state index contributed by atoms with van der Waals surface area (Å²) in [4.78, 5) is 26.5. The van der Waals surface area contributed by atoms with Gasteiger partial charge in [0.15, 0.2) is 12.4 Å². The second-order valence-electron chi connectivity index (χ2n) is 5.65. The van der Waals surface area contributed by atoms with E-state index in [1.54, 1.807) is 11.0 Å². The van der Waals surface area contributed by atoms with Crippen LogP contribution in [0.25, 0.3) is 0 Å². The number of likely N-dealkylation sites (tertiary alicyclic amines) is 1. The number of quaternary nitrogens is 1. The largest absolute Gasteiger partial charge is 0.371 e. The smallest absolute Gasteiger partial charge is 0.293 e. The third kappa shape index (κ3) is 2.05. The molecule has 1 atom stereocenters. The summed E-state index contributed by atoms with van der Waals surface area (Å²) in [6.45, 7) is 3.02. The van der Waals surface area contributed by atoms with Crippen LogP contribution in [0.5, 0.6) is 0 Å². The van der Waals surface area contributed by atoms with Gasteiger partial charge in [-0.1, -0.05) is 18.2 Å². The summed E-state index contributed by atoms with van der Waals surface area (Å²) in [6, 6.07) is 9.68. The molecule has 0 radical (unpaired) electrons. The number of carbonyl (C=O) groups excluding carboxylic acids is 2. The van der Waals surface area contributed by atoms with Gasteiger partial charge < -0.3 is 0 Å². The van der Waals surface area contributed by atoms with E-state index in [0.717, 1.165) is 24.4 Å². The molecule has 5 nitrogen and oxygen atoms in total. The summed E-state index contributed by atoms with van der Waals surface area (Å²) < 4.78 is 0.0401. The monoisotopic (exact) mass is 286 g/mol. The molecular formula is C16H20N3O2+. The fourth-order valence-corrected chi connectivity index (χ4v) is 3.12. The first-order chi connectivity index (χ1) is 10.1. The third-order valence-corrected chi connectivity index (χ3v) is 4.45. The maximum atomic E-state index is 12.7. The molecule has 2 aliphatic rings. The van der Waals surface area contributed by atoms with Gasteiger partial charge in [0, 0.05) is 25.1 Å². The molecule has 0 spiro atoms. The van der Waals surface area contributed by atoms with Crippen LogP contribution in [0.15, 0.2) is 42.1 Å². The summed E-state index contributed by atoms with van der Waals surface area (Å²) in [6.07, 6.45) is 3.12. The van der Waals surface area contributed by atoms with Gasteiger partial charge in [0.25, 0.3) is 0 Å². The fraction of sp³-hybridized carbons (Fsp3) is 0.375. The molecule has 0 aromatic heterocycles. The third-order valence-electron chi connectivity index (χ3n) is 4.45. The van der Waals surface area contributed by atoms with E-state index in [-0.39, 0.29) is 16.4 Å². The van der Waals surface area contributed by atoms with Crippen LogP contribution in [0.3, 0.4) is 0 Å². The van der Waals surface area contributed by atoms with E-state index in [1.165, 1.54) is 0 Å². The Labute approximate surface area is 124 Å². The van der Waals surface area contributed by atoms with Crippen LogP contribution in [0.4, 0.5) is 5.69 Å². The van der Waals surface area contributed by atoms with E-state index < -0.39 is 0 Å². The highest BCUT2D eigenvalue weighted by atomic mass is 16.2. The van der Waals surface area contributed by atoms with Gasteiger partial charge in [-0.2, -0.15) is 0 Å². The SMILES string of the molecule is CC1=CC(=O)[N+](CN2CCCC2=O)(c2ccccc2)N1C. The van der Waals surface area contributed by atoms with Gasteiger partial charge in [0.2, 0.25) is 5.91 Å². The summed E-state index contributed by atoms with van der Waals surface area (Å²) in [5, 5.41) is 1.95. The molecule has 0 saturated carbocycles. The second-order valence-corrected chi connectivity index (χ2v) is 5.65. The summed E-state index contributed by atoms with van der Waals surface area (Å²) in [5.74, 6) is 0.134. The van der Waals surface area contributed by atoms with Gasteiger partial charge >= 0.3 is 5.91 Å². The lowest BCUT2D eigenvalue weighted by Crippen LogP contribution is -2.63. The van der Waals surface area contributed by atoms with Gasteiger partial charge in [0.05, 0.1) is 18.8 Å². The summed E-state index contributed by atoms with van der Waals surface area (Å²) in [7, 11) is 1.91. The Morgan fingerprint density at radius 1 is 1.19 bits per heavy atom. The van der Waals surface area contributed by atoms with Crippen LogP contribution < -0.4 is 4.59 Å². The lowest BCUT2D eigenvalue weighted by Gasteiger charge is -2.39. The van der Waals surface area contributed by atoms with Crippen molar-refractivity contribution in [1.82, 2.24) is 14.5 Å². The lowest BCUT2D eigenvalue weighted by atomic mass is 10.2. The Balaban J connectivity index is 2.04. The number of allylic oxidation sites excluding steroid dienone is 1. The molecule has 110 valence electrons. The van der Waals surface area contributed by atoms with E-state index in [4.69, 9.17) is 0 Å². The Morgan fingerprint density at radius 3 is 2.43 bits per heavy atom. The zero-order valence-electron chi connectivity index (χ0n) is 12.5. The van der Waals surface area contributed by atoms with Gasteiger partial charge in [-0.3, -0.25) is 9.69 Å². The Morgan fingerprint density at radius 2 is 1.90 bits per heavy atom. The van der Waals surface area contributed by atoms with Crippen LogP contribution in [-0.4, -0.2) is 42.0 Å². The molecule has 2 aliphatic heterocycles. The summed E-state index contributed by atoms with van der Waals surface area (Å²) >= 11 is 0. The van der Waals surface area contributed by atoms with Crippen LogP contribution in [0.1, 0.15) is 19.8 Å². The number of rotatable bonds is 3. The normalized spacial score (nSPS) is 25.7. The lowest BCUT2D eigenvalue weighted by molar-refractivity contribution is -0.142. The van der Waals surface area contributed by atoms with E-state index in [2.05, 4.69) is 0 Å². The number of amides is 2. The predicted octanol–water partition coefficient (Wildman–Crippen LogP) is 1.86. The molecule has 0 bridgehead atoms. The van der Waals surface area contributed by atoms with Crippen LogP contribution in [0, 0.1) is 0 Å². The van der Waals surface area contributed by atoms with Crippen molar-refractivity contribution >= 4 is 17.5 Å². The highest BCUT2D eigenvalue weighted by Gasteiger charge is 2.50. The standard InChI is InChI=1S/C16H20N3O2/c1-13-11-16(21)19(17(13)2,14-7-4-3-5-8-14)12-18-10-6-9-15(18)20/h3-5,7-8,11H,6,9-10,12H2,1-2H3/q+1. The maximum Gasteiger partial charge on any atom is 0.371 e. The topological polar surface area (TPSA) is 40.6 Å². The number of nitrogens with zero attached hydrogens (tertiary/aromatic N) is 3. The minimum absolute atomic E-state index is 0.000833. The van der Waals surface area contributed by atoms with Gasteiger partial charge in [-0.05, 0) is 13.3 Å². The maximum absolute atomic E-state index is 12.7. The number of carbonyl (C=O) groups is 2. The summed E-state index contributed by atoms with van der Waals surface area (Å²) in [5.41, 5.74) is 1.80. The van der Waals surface area contributed by atoms with Crippen molar-refractivity contribution in [3.63, 3.8) is 0 Å². The van der Waals surface area contributed by atoms with Crippen molar-refractivity contribution in [1.29, 1.82) is 0 Å². The van der Waals surface area contributed by atoms with Crippen molar-refractivity contribution in [2.24, 2.45) is 0 Å². The fourth-order valence-electron chi connectivity index (χ4n) is 3.12. The van der Waals surface area contributed by atoms with Gasteiger partial charge in [-0.25, -0.2) is 9.80 Å². The van der Waals surface area contributed by atoms with Gasteiger partial charge in [0.1, 0.15) is 0 Å². The second kappa shape index (κ2) is 5.00. The van der Waals surface area contributed by atoms with E-state index in [9.17, 15) is 9.59 Å². The van der Waals surface area contributed by atoms with Crippen molar-refractivity contribution in [3.05, 3.63) is 42.1 Å². The average molecular weight is 286 g/mol. The minimum atomic E-state index is 0.000833. The molecule has 1 fully saturated rings. The quantitative estimate of drug-likeness (QED) is 0.796. The molecule has 2 heterocycles. The predicted molar refractivity (Wildman–Crippen MR) is 80.6 cm³/mol. The zero-order valence-corrected chi connectivity index (χ0v) is 12.5. The molecular weight excluding hydrogens is 266 g/mol. The molecule has 21 heavy (non-hydrogen) atoms. The van der Waals surface area contributed by atoms with Gasteiger partial charge in [-0.15, -0.1) is 4.59 Å². The molecule has 5 heteroatoms. The van der Waals surface area contributed by atoms with Crippen LogP contribution in [-0.2, 0) is 9.59 Å². The van der Waals surface area contributed by atoms with E-state index in [1.807, 2.05) is 49.3 Å². The molecule has 2 amide bonds. The van der Waals surface area contributed by atoms with Crippen molar-refractivity contribution in [2.75, 3.05) is 20.3 Å². The molecule has 1 aromatic rings. The molecule has 1 unspecified atom stereocenters. The molecule has 1 saturated heterocycles. The highest BCUT2D eigenvalue weighted by Crippen LogP contribution is 2.34. The van der Waals surface area contributed by atoms with Crippen molar-refractivity contribution in [2.45, 2.75) is 19.8 Å². The first kappa shape index (κ1) is 13.8. The number of hydrogen-bond donors (Lipinski definition) is 0. The first-order valence-electron chi connectivity index (χ1n) is 7.24. The number of hydrogen-bond acceptors (Lipinski definition) is 3. The van der Waals surface area contributed by atoms with E-state index >= 15 is 0 Å². The number of para-hydroxylation sites is 1. The Kier molecular flexibility index (Phi) is 3.29. The van der Waals surface area contributed by atoms with E-state index in [0.29, 0.717) is 13.1 Å². The Bertz CT molecular complexity index is 611. The average Bonchev–Trinajstić information content (AvgIpc) is 2.98. The van der Waals surface area contributed by atoms with Crippen molar-refractivity contribution < 1.29 is 9.59 Å². The van der Waals surface area contributed by atoms with Crippen molar-refractivity contribution in [3.8, 4) is 0 Å². The number of benzene rings is 1. The first-order valence-corrected chi connectivity index (χ1v) is 7.24. The minimum Gasteiger partial charge on any atom is -0.293 e. The van der Waals surface area contributed by atoms with Crippen LogP contribution >= 0.6 is 0 Å². The molecule has 0 N–H and O–H groups in total. The molecule has 1 aromatic carbocycles. The molecule has 3 rings (SSSR count). The molecule has 0 aliphatic carbocycles. The zero-order chi connectivity index (χ0) is 15.0. The van der Waals surface area contributed by atoms with Crippen LogP contribution in [0.2, 0.25) is 0 Å². The Hall–Kier alpha value is -2.14. The highest BCUT2D eigenvalue weighted by molar-refractivity contribution is 5.99.